The largest absolute Gasteiger partial charge is 0.508 e. The Morgan fingerprint density at radius 2 is 1.32 bits per heavy atom. The van der Waals surface area contributed by atoms with Crippen LogP contribution in [-0.4, -0.2) is 68.8 Å². The van der Waals surface area contributed by atoms with E-state index in [1.165, 1.54) is 12.1 Å². The van der Waals surface area contributed by atoms with Crippen molar-refractivity contribution in [1.29, 1.82) is 0 Å². The fourth-order valence-corrected chi connectivity index (χ4v) is 5.03. The van der Waals surface area contributed by atoms with E-state index in [9.17, 15) is 29.4 Å². The molecule has 4 atom stereocenters. The number of hydrogen-bond donors (Lipinski definition) is 8. The topological polar surface area (TPSA) is 187 Å². The van der Waals surface area contributed by atoms with Crippen molar-refractivity contribution in [3.05, 3.63) is 102 Å². The predicted octanol–water partition coefficient (Wildman–Crippen LogP) is 1.70. The molecular weight excluding hydrogens is 582 g/mol. The van der Waals surface area contributed by atoms with Crippen LogP contribution in [0.5, 0.6) is 5.75 Å². The van der Waals surface area contributed by atoms with Gasteiger partial charge in [0.15, 0.2) is 0 Å². The molecule has 0 radical (unpaired) electrons. The minimum atomic E-state index is -1.30. The van der Waals surface area contributed by atoms with E-state index in [1.807, 2.05) is 54.6 Å². The summed E-state index contributed by atoms with van der Waals surface area (Å²) in [6.45, 7) is 0. The second-order valence-corrected chi connectivity index (χ2v) is 10.8. The molecule has 11 nitrogen and oxygen atoms in total. The number of carboxylic acids is 1. The minimum Gasteiger partial charge on any atom is -0.508 e. The van der Waals surface area contributed by atoms with Gasteiger partial charge in [-0.3, -0.25) is 14.4 Å². The van der Waals surface area contributed by atoms with Crippen LogP contribution in [0.3, 0.4) is 0 Å². The van der Waals surface area contributed by atoms with Gasteiger partial charge >= 0.3 is 5.97 Å². The molecule has 3 aromatic carbocycles. The number of rotatable bonds is 14. The number of aromatic nitrogens is 1. The molecule has 0 saturated heterocycles. The first-order chi connectivity index (χ1) is 21.1. The fourth-order valence-electron chi connectivity index (χ4n) is 4.78. The Morgan fingerprint density at radius 3 is 2.00 bits per heavy atom. The molecule has 0 saturated carbocycles. The van der Waals surface area contributed by atoms with Gasteiger partial charge in [0.2, 0.25) is 17.7 Å². The van der Waals surface area contributed by atoms with Gasteiger partial charge < -0.3 is 36.9 Å². The molecule has 0 spiro atoms. The summed E-state index contributed by atoms with van der Waals surface area (Å²) in [7, 11) is 0. The average molecular weight is 618 g/mol. The monoisotopic (exact) mass is 617 g/mol. The number of aliphatic carboxylic acids is 1. The minimum absolute atomic E-state index is 0.0258. The number of para-hydroxylation sites is 1. The van der Waals surface area contributed by atoms with Gasteiger partial charge in [0.05, 0.1) is 6.04 Å². The lowest BCUT2D eigenvalue weighted by Crippen LogP contribution is -2.58. The maximum Gasteiger partial charge on any atom is 0.326 e. The molecule has 0 fully saturated rings. The summed E-state index contributed by atoms with van der Waals surface area (Å²) in [6, 6.07) is 18.2. The molecule has 4 aromatic rings. The Hall–Kier alpha value is -4.81. The normalized spacial score (nSPS) is 13.8. The van der Waals surface area contributed by atoms with Crippen LogP contribution in [0.25, 0.3) is 10.9 Å². The Bertz CT molecular complexity index is 1590. The zero-order chi connectivity index (χ0) is 31.6. The number of aromatic hydroxyl groups is 1. The molecule has 0 aliphatic heterocycles. The van der Waals surface area contributed by atoms with Crippen molar-refractivity contribution in [3.8, 4) is 5.75 Å². The van der Waals surface area contributed by atoms with E-state index in [4.69, 9.17) is 5.73 Å². The summed E-state index contributed by atoms with van der Waals surface area (Å²) in [6.07, 6.45) is 2.06. The predicted molar refractivity (Wildman–Crippen MR) is 169 cm³/mol. The van der Waals surface area contributed by atoms with Crippen LogP contribution in [-0.2, 0) is 38.4 Å². The lowest BCUT2D eigenvalue weighted by Gasteiger charge is -2.24. The van der Waals surface area contributed by atoms with Crippen LogP contribution in [0.4, 0.5) is 0 Å². The number of carbonyl (C=O) groups excluding carboxylic acids is 3. The Balaban J connectivity index is 1.48. The number of aromatic amines is 1. The molecule has 230 valence electrons. The second-order valence-electron chi connectivity index (χ2n) is 10.4. The van der Waals surface area contributed by atoms with Gasteiger partial charge in [-0.2, -0.15) is 12.6 Å². The van der Waals surface area contributed by atoms with Crippen LogP contribution in [0.1, 0.15) is 16.7 Å². The standard InChI is InChI=1S/C32H35N5O6S/c33-24(14-19-6-2-1-3-7-19)29(39)35-26(16-21-17-34-25-9-5-4-8-23(21)25)30(40)37-28(18-44)31(41)36-27(32(42)43)15-20-10-12-22(38)13-11-20/h1-13,17,24,26-28,34,38,44H,14-16,18,33H2,(H,35,39)(H,36,41)(H,37,40)(H,42,43). The van der Waals surface area contributed by atoms with Crippen molar-refractivity contribution in [1.82, 2.24) is 20.9 Å². The van der Waals surface area contributed by atoms with Crippen molar-refractivity contribution < 1.29 is 29.4 Å². The zero-order valence-electron chi connectivity index (χ0n) is 23.8. The van der Waals surface area contributed by atoms with Gasteiger partial charge in [-0.15, -0.1) is 0 Å². The summed E-state index contributed by atoms with van der Waals surface area (Å²) in [5.41, 5.74) is 9.26. The first-order valence-electron chi connectivity index (χ1n) is 14.0. The summed E-state index contributed by atoms with van der Waals surface area (Å²) in [5, 5.41) is 27.9. The highest BCUT2D eigenvalue weighted by molar-refractivity contribution is 7.80. The maximum atomic E-state index is 13.6. The van der Waals surface area contributed by atoms with Crippen molar-refractivity contribution >= 4 is 47.2 Å². The third-order valence-corrected chi connectivity index (χ3v) is 7.54. The maximum absolute atomic E-state index is 13.6. The van der Waals surface area contributed by atoms with Crippen LogP contribution in [0, 0.1) is 0 Å². The first-order valence-corrected chi connectivity index (χ1v) is 14.6. The first kappa shape index (κ1) is 32.1. The number of benzene rings is 3. The van der Waals surface area contributed by atoms with Gasteiger partial charge in [-0.25, -0.2) is 4.79 Å². The molecule has 0 bridgehead atoms. The van der Waals surface area contributed by atoms with Crippen molar-refractivity contribution in [2.75, 3.05) is 5.75 Å². The summed E-state index contributed by atoms with van der Waals surface area (Å²) < 4.78 is 0. The second kappa shape index (κ2) is 15.1. The smallest absolute Gasteiger partial charge is 0.326 e. The van der Waals surface area contributed by atoms with Crippen molar-refractivity contribution in [3.63, 3.8) is 0 Å². The van der Waals surface area contributed by atoms with E-state index >= 15 is 0 Å². The number of hydrogen-bond acceptors (Lipinski definition) is 7. The molecule has 1 heterocycles. The summed E-state index contributed by atoms with van der Waals surface area (Å²) in [5.74, 6) is -3.33. The van der Waals surface area contributed by atoms with Gasteiger partial charge in [-0.1, -0.05) is 60.7 Å². The van der Waals surface area contributed by atoms with Crippen LogP contribution in [0.15, 0.2) is 85.1 Å². The Morgan fingerprint density at radius 1 is 0.727 bits per heavy atom. The Labute approximate surface area is 259 Å². The lowest BCUT2D eigenvalue weighted by molar-refractivity contribution is -0.142. The summed E-state index contributed by atoms with van der Waals surface area (Å²) >= 11 is 4.22. The molecule has 1 aromatic heterocycles. The van der Waals surface area contributed by atoms with E-state index in [2.05, 4.69) is 33.6 Å². The number of nitrogens with one attached hydrogen (secondary N) is 4. The number of nitrogens with two attached hydrogens (primary N) is 1. The average Bonchev–Trinajstić information content (AvgIpc) is 3.43. The molecular formula is C32H35N5O6S. The molecule has 44 heavy (non-hydrogen) atoms. The van der Waals surface area contributed by atoms with Crippen LogP contribution < -0.4 is 21.7 Å². The molecule has 8 N–H and O–H groups in total. The molecule has 12 heteroatoms. The quantitative estimate of drug-likeness (QED) is 0.0989. The number of carbonyl (C=O) groups is 4. The lowest BCUT2D eigenvalue weighted by atomic mass is 10.0. The van der Waals surface area contributed by atoms with Crippen molar-refractivity contribution in [2.45, 2.75) is 43.4 Å². The van der Waals surface area contributed by atoms with E-state index in [-0.39, 0.29) is 30.8 Å². The number of phenols is 1. The third kappa shape index (κ3) is 8.62. The third-order valence-electron chi connectivity index (χ3n) is 7.17. The van der Waals surface area contributed by atoms with Gasteiger partial charge in [0.1, 0.15) is 23.9 Å². The van der Waals surface area contributed by atoms with Crippen LogP contribution in [0.2, 0.25) is 0 Å². The number of amides is 3. The highest BCUT2D eigenvalue weighted by atomic mass is 32.1. The van der Waals surface area contributed by atoms with E-state index in [0.717, 1.165) is 22.0 Å². The number of thiol groups is 1. The van der Waals surface area contributed by atoms with Gasteiger partial charge in [0, 0.05) is 35.7 Å². The van der Waals surface area contributed by atoms with E-state index in [0.29, 0.717) is 5.56 Å². The molecule has 0 aliphatic carbocycles. The number of carboxylic acid groups (broad SMARTS) is 1. The fraction of sp³-hybridized carbons (Fsp3) is 0.250. The highest BCUT2D eigenvalue weighted by Crippen LogP contribution is 2.19. The zero-order valence-corrected chi connectivity index (χ0v) is 24.7. The Kier molecular flexibility index (Phi) is 11.0. The molecule has 0 aliphatic rings. The van der Waals surface area contributed by atoms with Crippen LogP contribution >= 0.6 is 12.6 Å². The highest BCUT2D eigenvalue weighted by Gasteiger charge is 2.30. The molecule has 4 rings (SSSR count). The van der Waals surface area contributed by atoms with Crippen molar-refractivity contribution in [2.24, 2.45) is 5.73 Å². The van der Waals surface area contributed by atoms with E-state index < -0.39 is 47.9 Å². The number of H-pyrrole nitrogens is 1. The molecule has 4 unspecified atom stereocenters. The SMILES string of the molecule is NC(Cc1ccccc1)C(=O)NC(Cc1c[nH]c2ccccc12)C(=O)NC(CS)C(=O)NC(Cc1ccc(O)cc1)C(=O)O. The van der Waals surface area contributed by atoms with Gasteiger partial charge in [0.25, 0.3) is 0 Å². The van der Waals surface area contributed by atoms with Gasteiger partial charge in [-0.05, 0) is 41.3 Å². The van der Waals surface area contributed by atoms with E-state index in [1.54, 1.807) is 18.3 Å². The molecule has 3 amide bonds. The number of phenolic OH excluding ortho intramolecular Hbond substituents is 1. The summed E-state index contributed by atoms with van der Waals surface area (Å²) in [4.78, 5) is 55.0. The number of fused-ring (bicyclic) bond motifs is 1.